The van der Waals surface area contributed by atoms with Crippen LogP contribution < -0.4 is 5.32 Å². The van der Waals surface area contributed by atoms with E-state index < -0.39 is 0 Å². The second kappa shape index (κ2) is 8.01. The first-order valence-corrected chi connectivity index (χ1v) is 10.2. The topological polar surface area (TPSA) is 66.3 Å². The van der Waals surface area contributed by atoms with E-state index >= 15 is 0 Å². The molecule has 0 saturated carbocycles. The summed E-state index contributed by atoms with van der Waals surface area (Å²) in [4.78, 5) is 17.4. The predicted octanol–water partition coefficient (Wildman–Crippen LogP) is 1.94. The summed E-state index contributed by atoms with van der Waals surface area (Å²) in [5, 5.41) is 11.8. The third-order valence-electron chi connectivity index (χ3n) is 5.99. The molecule has 7 heteroatoms. The lowest BCUT2D eigenvalue weighted by Crippen LogP contribution is -2.60. The smallest absolute Gasteiger partial charge is 0.276 e. The van der Waals surface area contributed by atoms with Crippen LogP contribution in [0.5, 0.6) is 0 Å². The van der Waals surface area contributed by atoms with Crippen molar-refractivity contribution in [1.82, 2.24) is 30.1 Å². The molecule has 1 aromatic heterocycles. The molecule has 0 spiro atoms. The molecule has 3 heterocycles. The van der Waals surface area contributed by atoms with Gasteiger partial charge < -0.3 is 10.2 Å². The summed E-state index contributed by atoms with van der Waals surface area (Å²) in [5.41, 5.74) is 1.68. The van der Waals surface area contributed by atoms with Crippen LogP contribution in [0.4, 0.5) is 0 Å². The quantitative estimate of drug-likeness (QED) is 0.875. The van der Waals surface area contributed by atoms with Crippen molar-refractivity contribution in [2.75, 3.05) is 32.7 Å². The van der Waals surface area contributed by atoms with Crippen LogP contribution in [-0.4, -0.2) is 69.0 Å². The zero-order chi connectivity index (χ0) is 19.6. The number of piperazine rings is 1. The number of nitrogens with zero attached hydrogens (tertiary/aromatic N) is 5. The van der Waals surface area contributed by atoms with Gasteiger partial charge in [0, 0.05) is 31.7 Å². The van der Waals surface area contributed by atoms with Crippen molar-refractivity contribution in [2.45, 2.75) is 44.8 Å². The van der Waals surface area contributed by atoms with Gasteiger partial charge in [0.1, 0.15) is 0 Å². The van der Waals surface area contributed by atoms with Gasteiger partial charge >= 0.3 is 0 Å². The minimum atomic E-state index is -0.0885. The third kappa shape index (κ3) is 4.10. The van der Waals surface area contributed by atoms with E-state index in [9.17, 15) is 4.79 Å². The van der Waals surface area contributed by atoms with Gasteiger partial charge in [-0.15, -0.1) is 5.10 Å². The SMILES string of the molecule is CC1(C)CN(C(=O)c2cn(C3CCNCC3)nn2)CCN1Cc1ccccc1. The summed E-state index contributed by atoms with van der Waals surface area (Å²) in [7, 11) is 0. The highest BCUT2D eigenvalue weighted by Crippen LogP contribution is 2.24. The molecule has 2 aliphatic rings. The van der Waals surface area contributed by atoms with Gasteiger partial charge in [0.15, 0.2) is 5.69 Å². The number of amides is 1. The fraction of sp³-hybridized carbons (Fsp3) is 0.571. The lowest BCUT2D eigenvalue weighted by molar-refractivity contribution is 0.0135. The molecule has 2 saturated heterocycles. The minimum Gasteiger partial charge on any atom is -0.334 e. The van der Waals surface area contributed by atoms with Crippen LogP contribution in [0, 0.1) is 0 Å². The zero-order valence-corrected chi connectivity index (χ0v) is 16.8. The van der Waals surface area contributed by atoms with E-state index in [4.69, 9.17) is 0 Å². The van der Waals surface area contributed by atoms with Crippen LogP contribution in [-0.2, 0) is 6.54 Å². The largest absolute Gasteiger partial charge is 0.334 e. The number of carbonyl (C=O) groups excluding carboxylic acids is 1. The van der Waals surface area contributed by atoms with Crippen LogP contribution in [0.25, 0.3) is 0 Å². The summed E-state index contributed by atoms with van der Waals surface area (Å²) in [6.45, 7) is 9.57. The number of hydrogen-bond donors (Lipinski definition) is 1. The Balaban J connectivity index is 1.40. The summed E-state index contributed by atoms with van der Waals surface area (Å²) in [6.07, 6.45) is 3.89. The molecule has 28 heavy (non-hydrogen) atoms. The van der Waals surface area contributed by atoms with Gasteiger partial charge in [-0.25, -0.2) is 4.68 Å². The van der Waals surface area contributed by atoms with Gasteiger partial charge in [0.25, 0.3) is 5.91 Å². The maximum Gasteiger partial charge on any atom is 0.276 e. The van der Waals surface area contributed by atoms with Crippen LogP contribution in [0.15, 0.2) is 36.5 Å². The van der Waals surface area contributed by atoms with Gasteiger partial charge in [0.05, 0.1) is 12.2 Å². The molecular formula is C21H30N6O. The number of piperidine rings is 1. The van der Waals surface area contributed by atoms with Crippen LogP contribution in [0.2, 0.25) is 0 Å². The molecule has 7 nitrogen and oxygen atoms in total. The van der Waals surface area contributed by atoms with E-state index in [0.29, 0.717) is 18.3 Å². The van der Waals surface area contributed by atoms with E-state index in [1.54, 1.807) is 0 Å². The number of carbonyl (C=O) groups is 1. The lowest BCUT2D eigenvalue weighted by atomic mass is 9.97. The number of aromatic nitrogens is 3. The highest BCUT2D eigenvalue weighted by molar-refractivity contribution is 5.92. The molecule has 0 unspecified atom stereocenters. The standard InChI is InChI=1S/C21H30N6O/c1-21(2)16-25(12-13-26(21)14-17-6-4-3-5-7-17)20(28)19-15-27(24-23-19)18-8-10-22-11-9-18/h3-7,15,18,22H,8-14,16H2,1-2H3. The van der Waals surface area contributed by atoms with Crippen molar-refractivity contribution >= 4 is 5.91 Å². The van der Waals surface area contributed by atoms with Crippen LogP contribution in [0.3, 0.4) is 0 Å². The first-order valence-electron chi connectivity index (χ1n) is 10.2. The molecule has 1 aromatic carbocycles. The number of benzene rings is 1. The maximum absolute atomic E-state index is 13.0. The van der Waals surface area contributed by atoms with E-state index in [2.05, 4.69) is 58.6 Å². The molecule has 0 aliphatic carbocycles. The van der Waals surface area contributed by atoms with E-state index in [1.807, 2.05) is 21.8 Å². The van der Waals surface area contributed by atoms with Crippen molar-refractivity contribution in [3.8, 4) is 0 Å². The van der Waals surface area contributed by atoms with Crippen molar-refractivity contribution in [2.24, 2.45) is 0 Å². The molecule has 0 radical (unpaired) electrons. The van der Waals surface area contributed by atoms with Gasteiger partial charge in [-0.1, -0.05) is 35.5 Å². The Bertz CT molecular complexity index is 796. The highest BCUT2D eigenvalue weighted by atomic mass is 16.2. The Labute approximate surface area is 166 Å². The summed E-state index contributed by atoms with van der Waals surface area (Å²) < 4.78 is 1.88. The molecule has 4 rings (SSSR count). The summed E-state index contributed by atoms with van der Waals surface area (Å²) in [6, 6.07) is 10.9. The van der Waals surface area contributed by atoms with Crippen molar-refractivity contribution < 1.29 is 4.79 Å². The fourth-order valence-electron chi connectivity index (χ4n) is 4.25. The Hall–Kier alpha value is -2.25. The minimum absolute atomic E-state index is 0.00683. The van der Waals surface area contributed by atoms with Gasteiger partial charge in [-0.2, -0.15) is 0 Å². The summed E-state index contributed by atoms with van der Waals surface area (Å²) >= 11 is 0. The number of hydrogen-bond acceptors (Lipinski definition) is 5. The first kappa shape index (κ1) is 19.1. The van der Waals surface area contributed by atoms with Crippen molar-refractivity contribution in [3.05, 3.63) is 47.8 Å². The molecule has 2 aromatic rings. The van der Waals surface area contributed by atoms with E-state index in [1.165, 1.54) is 5.56 Å². The molecule has 1 amide bonds. The van der Waals surface area contributed by atoms with E-state index in [-0.39, 0.29) is 11.4 Å². The summed E-state index contributed by atoms with van der Waals surface area (Å²) in [5.74, 6) is -0.00683. The van der Waals surface area contributed by atoms with Crippen molar-refractivity contribution in [3.63, 3.8) is 0 Å². The van der Waals surface area contributed by atoms with Crippen LogP contribution >= 0.6 is 0 Å². The molecule has 0 atom stereocenters. The van der Waals surface area contributed by atoms with Gasteiger partial charge in [-0.3, -0.25) is 9.69 Å². The normalized spacial score (nSPS) is 21.0. The second-order valence-electron chi connectivity index (χ2n) is 8.51. The van der Waals surface area contributed by atoms with Crippen molar-refractivity contribution in [1.29, 1.82) is 0 Å². The molecule has 150 valence electrons. The average Bonchev–Trinajstić information content (AvgIpc) is 3.20. The van der Waals surface area contributed by atoms with Crippen LogP contribution in [0.1, 0.15) is 48.8 Å². The molecular weight excluding hydrogens is 352 g/mol. The lowest BCUT2D eigenvalue weighted by Gasteiger charge is -2.47. The van der Waals surface area contributed by atoms with Gasteiger partial charge in [0.2, 0.25) is 0 Å². The number of rotatable bonds is 4. The Morgan fingerprint density at radius 2 is 1.93 bits per heavy atom. The average molecular weight is 383 g/mol. The first-order chi connectivity index (χ1) is 13.5. The Morgan fingerprint density at radius 1 is 1.18 bits per heavy atom. The Morgan fingerprint density at radius 3 is 2.64 bits per heavy atom. The maximum atomic E-state index is 13.0. The van der Waals surface area contributed by atoms with E-state index in [0.717, 1.165) is 45.6 Å². The Kier molecular flexibility index (Phi) is 5.46. The monoisotopic (exact) mass is 382 g/mol. The predicted molar refractivity (Wildman–Crippen MR) is 108 cm³/mol. The zero-order valence-electron chi connectivity index (χ0n) is 16.8. The fourth-order valence-corrected chi connectivity index (χ4v) is 4.25. The molecule has 2 aliphatic heterocycles. The molecule has 1 N–H and O–H groups in total. The van der Waals surface area contributed by atoms with Gasteiger partial charge in [-0.05, 0) is 45.3 Å². The highest BCUT2D eigenvalue weighted by Gasteiger charge is 2.36. The molecule has 2 fully saturated rings. The second-order valence-corrected chi connectivity index (χ2v) is 8.51. The number of nitrogens with one attached hydrogen (secondary N) is 1. The molecule has 0 bridgehead atoms. The third-order valence-corrected chi connectivity index (χ3v) is 5.99.